The summed E-state index contributed by atoms with van der Waals surface area (Å²) in [5.74, 6) is -0.428. The van der Waals surface area contributed by atoms with Crippen LogP contribution in [0.3, 0.4) is 0 Å². The van der Waals surface area contributed by atoms with E-state index in [1.54, 1.807) is 41.5 Å². The van der Waals surface area contributed by atoms with E-state index >= 15 is 0 Å². The van der Waals surface area contributed by atoms with E-state index in [9.17, 15) is 33.6 Å². The average molecular weight is 1450 g/mol. The zero-order chi connectivity index (χ0) is 75.8. The summed E-state index contributed by atoms with van der Waals surface area (Å²) in [7, 11) is 0. The van der Waals surface area contributed by atoms with Crippen molar-refractivity contribution in [1.29, 1.82) is 0 Å². The molecule has 12 aliphatic rings. The van der Waals surface area contributed by atoms with Crippen molar-refractivity contribution in [1.82, 2.24) is 0 Å². The Bertz CT molecular complexity index is 2800. The first-order valence-corrected chi connectivity index (χ1v) is 38.3. The average Bonchev–Trinajstić information content (AvgIpc) is 0.698. The van der Waals surface area contributed by atoms with Gasteiger partial charge in [0.2, 0.25) is 0 Å². The first kappa shape index (κ1) is 84.5. The van der Waals surface area contributed by atoms with Gasteiger partial charge in [0, 0.05) is 96.9 Å². The Hall–Kier alpha value is -4.75. The Morgan fingerprint density at radius 3 is 0.814 bits per heavy atom. The number of ether oxygens (including phenoxy) is 17. The van der Waals surface area contributed by atoms with Crippen LogP contribution in [0.1, 0.15) is 305 Å². The number of hydrogen-bond acceptors (Lipinski definition) is 24. The minimum atomic E-state index is -0.953. The van der Waals surface area contributed by atoms with Gasteiger partial charge in [-0.05, 0) is 185 Å². The molecule has 12 saturated carbocycles. The van der Waals surface area contributed by atoms with Crippen molar-refractivity contribution in [2.75, 3.05) is 53.4 Å². The molecule has 102 heavy (non-hydrogen) atoms. The second-order valence-corrected chi connectivity index (χ2v) is 35.8. The lowest BCUT2D eigenvalue weighted by Crippen LogP contribution is -2.74. The second-order valence-electron chi connectivity index (χ2n) is 35.8. The van der Waals surface area contributed by atoms with Gasteiger partial charge in [-0.3, -0.25) is 14.4 Å². The monoisotopic (exact) mass is 1450 g/mol. The van der Waals surface area contributed by atoms with Gasteiger partial charge in [-0.15, -0.1) is 0 Å². The second kappa shape index (κ2) is 32.8. The van der Waals surface area contributed by atoms with Crippen LogP contribution in [0.15, 0.2) is 0 Å². The summed E-state index contributed by atoms with van der Waals surface area (Å²) in [5, 5.41) is 0. The lowest BCUT2D eigenvalue weighted by molar-refractivity contribution is -0.339. The van der Waals surface area contributed by atoms with Crippen molar-refractivity contribution in [2.45, 2.75) is 373 Å². The van der Waals surface area contributed by atoms with Gasteiger partial charge in [0.05, 0.1) is 46.3 Å². The molecule has 0 aromatic heterocycles. The van der Waals surface area contributed by atoms with Gasteiger partial charge in [-0.1, -0.05) is 55.4 Å². The lowest BCUT2D eigenvalue weighted by Gasteiger charge is -2.67. The fourth-order valence-corrected chi connectivity index (χ4v) is 18.1. The SMILES string of the molecule is CCC(C)(C)C(=O)OC12CC3CC(OC(=O)OC(C)(C)C)(CC(OC(=O)OC(C)(C)C)(C3)C1)C2.CCCOCOC12CC3(OCOCCC)CC(OC(=O)OCCC)(C1)CC(OC(=O)C(C)(C)CC)(C2)C3.CCCOCOC12CC3CC(OC(=O)OCCC)(C1)CC(OC(=O)C(C)(C)CC)(C3)C2. The maximum Gasteiger partial charge on any atom is 0.509 e. The van der Waals surface area contributed by atoms with E-state index in [4.69, 9.17) is 80.5 Å². The van der Waals surface area contributed by atoms with Gasteiger partial charge >= 0.3 is 42.5 Å². The molecule has 12 aliphatic carbocycles. The van der Waals surface area contributed by atoms with E-state index < -0.39 is 108 Å². The molecule has 12 rings (SSSR count). The Labute approximate surface area is 608 Å². The maximum absolute atomic E-state index is 13.4. The summed E-state index contributed by atoms with van der Waals surface area (Å²) >= 11 is 0. The molecule has 0 saturated heterocycles. The van der Waals surface area contributed by atoms with Crippen LogP contribution in [0.4, 0.5) is 19.2 Å². The molecule has 8 atom stereocenters. The highest BCUT2D eigenvalue weighted by atomic mass is 16.8. The topological polar surface area (TPSA) is 276 Å². The molecule has 0 aromatic rings. The molecule has 0 spiro atoms. The molecule has 24 heteroatoms. The quantitative estimate of drug-likeness (QED) is 0.0262. The molecule has 0 aliphatic heterocycles. The Balaban J connectivity index is 0.000000215. The fourth-order valence-electron chi connectivity index (χ4n) is 18.1. The predicted octanol–water partition coefficient (Wildman–Crippen LogP) is 16.9. The van der Waals surface area contributed by atoms with Crippen LogP contribution < -0.4 is 0 Å². The summed E-state index contributed by atoms with van der Waals surface area (Å²) in [6.07, 6.45) is 13.1. The third-order valence-electron chi connectivity index (χ3n) is 22.2. The smallest absolute Gasteiger partial charge is 0.458 e. The largest absolute Gasteiger partial charge is 0.509 e. The third-order valence-corrected chi connectivity index (χ3v) is 22.2. The molecule has 8 unspecified atom stereocenters. The Kier molecular flexibility index (Phi) is 27.1. The molecule has 0 amide bonds. The predicted molar refractivity (Wildman–Crippen MR) is 375 cm³/mol. The summed E-state index contributed by atoms with van der Waals surface area (Å²) in [6.45, 7) is 40.7. The number of rotatable bonds is 32. The first-order chi connectivity index (χ1) is 47.4. The standard InChI is InChI=1S/C28H48O9.C26H42O8.C24H40O7/c1-7-11-31-20-34-25-14-26(35-21-32-12-8-2)16-27(15-25,36-22(29)24(5,6)10-4)19-28(17-25,18-26)37-23(30)33-13-9-3;1-10-23(8,9)18(27)30-24-11-17-12-25(14-24,33-19(28)31-21(2,3)4)16-26(13-17,15-24)34-20(29)32-22(5,6)7;1-6-9-27-17-29-22-11-18-12-23(14-22,30-19(25)21(4,5)8-3)16-24(13-18,15-22)31-20(26)28-10-7-2/h7-21H2,1-6H3;17H,10-16H2,1-9H3;18H,6-17H2,1-5H3. The molecular weight excluding hydrogens is 1320 g/mol. The molecule has 0 heterocycles. The van der Waals surface area contributed by atoms with Crippen LogP contribution in [-0.2, 0) is 94.9 Å². The van der Waals surface area contributed by atoms with Crippen LogP contribution >= 0.6 is 0 Å². The van der Waals surface area contributed by atoms with Gasteiger partial charge in [-0.2, -0.15) is 0 Å². The van der Waals surface area contributed by atoms with Crippen LogP contribution in [-0.4, -0.2) is 163 Å². The fraction of sp³-hybridized carbons (Fsp3) is 0.910. The van der Waals surface area contributed by atoms with Crippen LogP contribution in [0.2, 0.25) is 0 Å². The van der Waals surface area contributed by atoms with E-state index in [1.807, 2.05) is 90.0 Å². The van der Waals surface area contributed by atoms with Gasteiger partial charge in [0.1, 0.15) is 70.8 Å². The van der Waals surface area contributed by atoms with Crippen LogP contribution in [0.25, 0.3) is 0 Å². The summed E-state index contributed by atoms with van der Waals surface area (Å²) in [4.78, 5) is 90.1. The molecule has 0 radical (unpaired) electrons. The summed E-state index contributed by atoms with van der Waals surface area (Å²) < 4.78 is 100. The van der Waals surface area contributed by atoms with Crippen molar-refractivity contribution in [3.63, 3.8) is 0 Å². The minimum Gasteiger partial charge on any atom is -0.458 e. The highest BCUT2D eigenvalue weighted by molar-refractivity contribution is 5.78. The van der Waals surface area contributed by atoms with Crippen LogP contribution in [0.5, 0.6) is 0 Å². The Morgan fingerprint density at radius 2 is 0.510 bits per heavy atom. The third kappa shape index (κ3) is 21.5. The number of hydrogen-bond donors (Lipinski definition) is 0. The first-order valence-electron chi connectivity index (χ1n) is 38.3. The van der Waals surface area contributed by atoms with Crippen molar-refractivity contribution >= 4 is 42.5 Å². The maximum atomic E-state index is 13.4. The van der Waals surface area contributed by atoms with E-state index in [2.05, 4.69) is 6.92 Å². The van der Waals surface area contributed by atoms with E-state index in [-0.39, 0.29) is 56.7 Å². The highest BCUT2D eigenvalue weighted by Crippen LogP contribution is 2.68. The number of carbonyl (C=O) groups excluding carboxylic acids is 7. The number of esters is 3. The van der Waals surface area contributed by atoms with Gasteiger partial charge in [0.25, 0.3) is 0 Å². The van der Waals surface area contributed by atoms with Crippen molar-refractivity contribution in [3.8, 4) is 0 Å². The Morgan fingerprint density at radius 1 is 0.284 bits per heavy atom. The number of carbonyl (C=O) groups is 7. The molecule has 12 fully saturated rings. The lowest BCUT2D eigenvalue weighted by atomic mass is 9.48. The van der Waals surface area contributed by atoms with Gasteiger partial charge < -0.3 is 80.5 Å². The van der Waals surface area contributed by atoms with Crippen molar-refractivity contribution in [2.24, 2.45) is 28.1 Å². The molecule has 0 N–H and O–H groups in total. The van der Waals surface area contributed by atoms with Crippen molar-refractivity contribution < 1.29 is 114 Å². The van der Waals surface area contributed by atoms with E-state index in [1.165, 1.54) is 0 Å². The van der Waals surface area contributed by atoms with E-state index in [0.717, 1.165) is 44.9 Å². The van der Waals surface area contributed by atoms with Gasteiger partial charge in [-0.25, -0.2) is 19.2 Å². The molecule has 0 aromatic carbocycles. The summed E-state index contributed by atoms with van der Waals surface area (Å²) in [6, 6.07) is 0. The zero-order valence-corrected chi connectivity index (χ0v) is 66.0. The molecular formula is C78H130O24. The minimum absolute atomic E-state index is 0.0682. The van der Waals surface area contributed by atoms with Crippen LogP contribution in [0, 0.1) is 28.1 Å². The van der Waals surface area contributed by atoms with Gasteiger partial charge in [0.15, 0.2) is 0 Å². The van der Waals surface area contributed by atoms with Crippen molar-refractivity contribution in [3.05, 3.63) is 0 Å². The summed E-state index contributed by atoms with van der Waals surface area (Å²) in [5.41, 5.74) is -11.3. The normalized spacial score (nSPS) is 32.9. The molecule has 12 bridgehead atoms. The highest BCUT2D eigenvalue weighted by Gasteiger charge is 2.74. The molecule has 24 nitrogen and oxygen atoms in total. The van der Waals surface area contributed by atoms with E-state index in [0.29, 0.717) is 148 Å². The zero-order valence-electron chi connectivity index (χ0n) is 66.0. The molecule has 586 valence electrons.